The number of aryl methyl sites for hydroxylation is 2. The highest BCUT2D eigenvalue weighted by molar-refractivity contribution is 9.10. The van der Waals surface area contributed by atoms with Gasteiger partial charge in [0.25, 0.3) is 0 Å². The fourth-order valence-electron chi connectivity index (χ4n) is 1.29. The lowest BCUT2D eigenvalue weighted by atomic mass is 10.0. The summed E-state index contributed by atoms with van der Waals surface area (Å²) in [4.78, 5) is 13.4. The quantitative estimate of drug-likeness (QED) is 0.653. The van der Waals surface area contributed by atoms with Crippen molar-refractivity contribution < 1.29 is 9.90 Å². The lowest BCUT2D eigenvalue weighted by molar-refractivity contribution is 0.463. The minimum Gasteiger partial charge on any atom is -0.506 e. The molecule has 0 aliphatic rings. The Bertz CT molecular complexity index is 409. The number of hydrogen-bond acceptors (Lipinski definition) is 3. The standard InChI is InChI=1S/C10H10BrNO2/c1-6-3-7(2)9(11)10(14)8(6)4-12-5-13/h3,14H,4H2,1-2H3. The average molecular weight is 256 g/mol. The number of isocyanates is 1. The van der Waals surface area contributed by atoms with Crippen molar-refractivity contribution >= 4 is 22.0 Å². The minimum atomic E-state index is 0.154. The number of aromatic hydroxyl groups is 1. The van der Waals surface area contributed by atoms with E-state index < -0.39 is 0 Å². The molecule has 0 radical (unpaired) electrons. The average Bonchev–Trinajstić information content (AvgIpc) is 2.14. The van der Waals surface area contributed by atoms with Crippen molar-refractivity contribution in [1.29, 1.82) is 0 Å². The van der Waals surface area contributed by atoms with Gasteiger partial charge in [-0.25, -0.2) is 9.79 Å². The van der Waals surface area contributed by atoms with Crippen LogP contribution in [-0.2, 0) is 11.3 Å². The van der Waals surface area contributed by atoms with Crippen molar-refractivity contribution in [3.05, 3.63) is 27.2 Å². The van der Waals surface area contributed by atoms with E-state index in [2.05, 4.69) is 20.9 Å². The second-order valence-electron chi connectivity index (χ2n) is 3.06. The van der Waals surface area contributed by atoms with Crippen LogP contribution in [0.4, 0.5) is 0 Å². The van der Waals surface area contributed by atoms with Crippen LogP contribution in [0, 0.1) is 13.8 Å². The molecule has 0 amide bonds. The van der Waals surface area contributed by atoms with Crippen molar-refractivity contribution in [3.8, 4) is 5.75 Å². The molecule has 1 aromatic rings. The predicted molar refractivity (Wildman–Crippen MR) is 57.1 cm³/mol. The lowest BCUT2D eigenvalue weighted by Gasteiger charge is -2.09. The molecule has 4 heteroatoms. The fourth-order valence-corrected chi connectivity index (χ4v) is 1.65. The van der Waals surface area contributed by atoms with Crippen molar-refractivity contribution in [2.75, 3.05) is 0 Å². The maximum atomic E-state index is 9.97. The number of rotatable bonds is 2. The van der Waals surface area contributed by atoms with Crippen LogP contribution in [0.15, 0.2) is 15.5 Å². The van der Waals surface area contributed by atoms with Crippen molar-refractivity contribution in [1.82, 2.24) is 0 Å². The number of phenolic OH excluding ortho intramolecular Hbond substituents is 1. The number of phenols is 1. The van der Waals surface area contributed by atoms with Gasteiger partial charge in [-0.3, -0.25) is 0 Å². The first kappa shape index (κ1) is 11.0. The van der Waals surface area contributed by atoms with E-state index >= 15 is 0 Å². The van der Waals surface area contributed by atoms with Gasteiger partial charge in [0.15, 0.2) is 0 Å². The Hall–Kier alpha value is -1.12. The first-order valence-electron chi connectivity index (χ1n) is 4.09. The van der Waals surface area contributed by atoms with Crippen molar-refractivity contribution in [2.45, 2.75) is 20.4 Å². The van der Waals surface area contributed by atoms with Gasteiger partial charge in [0.2, 0.25) is 6.08 Å². The number of halogens is 1. The van der Waals surface area contributed by atoms with Crippen LogP contribution >= 0.6 is 15.9 Å². The highest BCUT2D eigenvalue weighted by Gasteiger charge is 2.10. The Morgan fingerprint density at radius 2 is 2.14 bits per heavy atom. The van der Waals surface area contributed by atoms with E-state index in [0.717, 1.165) is 11.1 Å². The second kappa shape index (κ2) is 4.40. The Morgan fingerprint density at radius 3 is 2.71 bits per heavy atom. The minimum absolute atomic E-state index is 0.154. The van der Waals surface area contributed by atoms with E-state index in [0.29, 0.717) is 10.0 Å². The van der Waals surface area contributed by atoms with E-state index in [4.69, 9.17) is 0 Å². The molecule has 0 spiro atoms. The Kier molecular flexibility index (Phi) is 3.44. The molecular formula is C10H10BrNO2. The molecular weight excluding hydrogens is 246 g/mol. The zero-order valence-corrected chi connectivity index (χ0v) is 9.55. The maximum absolute atomic E-state index is 9.97. The molecule has 0 saturated heterocycles. The summed E-state index contributed by atoms with van der Waals surface area (Å²) >= 11 is 3.27. The van der Waals surface area contributed by atoms with Gasteiger partial charge in [-0.1, -0.05) is 6.07 Å². The van der Waals surface area contributed by atoms with Crippen LogP contribution in [0.2, 0.25) is 0 Å². The third kappa shape index (κ3) is 2.03. The summed E-state index contributed by atoms with van der Waals surface area (Å²) < 4.78 is 0.652. The number of nitrogens with zero attached hydrogens (tertiary/aromatic N) is 1. The van der Waals surface area contributed by atoms with Crippen LogP contribution in [-0.4, -0.2) is 11.2 Å². The third-order valence-electron chi connectivity index (χ3n) is 2.05. The Labute approximate surface area is 90.6 Å². The molecule has 1 aromatic carbocycles. The summed E-state index contributed by atoms with van der Waals surface area (Å²) in [5, 5.41) is 9.75. The normalized spacial score (nSPS) is 9.64. The molecule has 1 rings (SSSR count). The number of hydrogen-bond donors (Lipinski definition) is 1. The molecule has 0 fully saturated rings. The van der Waals surface area contributed by atoms with Gasteiger partial charge in [0, 0.05) is 5.56 Å². The SMILES string of the molecule is Cc1cc(C)c(CN=C=O)c(O)c1Br. The summed E-state index contributed by atoms with van der Waals surface area (Å²) in [6, 6.07) is 1.93. The van der Waals surface area contributed by atoms with E-state index in [-0.39, 0.29) is 12.3 Å². The highest BCUT2D eigenvalue weighted by Crippen LogP contribution is 2.33. The van der Waals surface area contributed by atoms with Gasteiger partial charge in [-0.15, -0.1) is 0 Å². The van der Waals surface area contributed by atoms with E-state index in [1.807, 2.05) is 19.9 Å². The number of carbonyl (C=O) groups excluding carboxylic acids is 1. The van der Waals surface area contributed by atoms with Gasteiger partial charge in [0.1, 0.15) is 5.75 Å². The van der Waals surface area contributed by atoms with Gasteiger partial charge in [-0.05, 0) is 40.9 Å². The molecule has 1 N–H and O–H groups in total. The summed E-state index contributed by atoms with van der Waals surface area (Å²) in [5.74, 6) is 0.154. The first-order valence-corrected chi connectivity index (χ1v) is 4.88. The zero-order chi connectivity index (χ0) is 10.7. The molecule has 0 atom stereocenters. The predicted octanol–water partition coefficient (Wildman–Crippen LogP) is 2.61. The van der Waals surface area contributed by atoms with E-state index in [9.17, 15) is 9.90 Å². The van der Waals surface area contributed by atoms with Gasteiger partial charge < -0.3 is 5.11 Å². The second-order valence-corrected chi connectivity index (χ2v) is 3.85. The van der Waals surface area contributed by atoms with Gasteiger partial charge >= 0.3 is 0 Å². The Balaban J connectivity index is 3.28. The summed E-state index contributed by atoms with van der Waals surface area (Å²) in [6.07, 6.45) is 1.45. The van der Waals surface area contributed by atoms with Crippen LogP contribution in [0.25, 0.3) is 0 Å². The smallest absolute Gasteiger partial charge is 0.235 e. The van der Waals surface area contributed by atoms with Crippen molar-refractivity contribution in [3.63, 3.8) is 0 Å². The molecule has 0 bridgehead atoms. The monoisotopic (exact) mass is 255 g/mol. The molecule has 0 heterocycles. The first-order chi connectivity index (χ1) is 6.57. The molecule has 14 heavy (non-hydrogen) atoms. The van der Waals surface area contributed by atoms with Crippen molar-refractivity contribution in [2.24, 2.45) is 4.99 Å². The molecule has 0 unspecified atom stereocenters. The summed E-state index contributed by atoms with van der Waals surface area (Å²) in [7, 11) is 0. The van der Waals surface area contributed by atoms with E-state index in [1.165, 1.54) is 6.08 Å². The molecule has 0 aromatic heterocycles. The van der Waals surface area contributed by atoms with Crippen LogP contribution < -0.4 is 0 Å². The largest absolute Gasteiger partial charge is 0.506 e. The molecule has 74 valence electrons. The number of benzene rings is 1. The van der Waals surface area contributed by atoms with Gasteiger partial charge in [-0.2, -0.15) is 0 Å². The number of aliphatic imine (C=N–C) groups is 1. The molecule has 0 saturated carbocycles. The zero-order valence-electron chi connectivity index (χ0n) is 7.97. The van der Waals surface area contributed by atoms with Crippen LogP contribution in [0.5, 0.6) is 5.75 Å². The highest BCUT2D eigenvalue weighted by atomic mass is 79.9. The topological polar surface area (TPSA) is 49.7 Å². The summed E-state index contributed by atoms with van der Waals surface area (Å²) in [5.41, 5.74) is 2.53. The van der Waals surface area contributed by atoms with Crippen LogP contribution in [0.3, 0.4) is 0 Å². The molecule has 3 nitrogen and oxygen atoms in total. The van der Waals surface area contributed by atoms with Crippen LogP contribution in [0.1, 0.15) is 16.7 Å². The Morgan fingerprint density at radius 1 is 1.50 bits per heavy atom. The molecule has 0 aliphatic carbocycles. The third-order valence-corrected chi connectivity index (χ3v) is 3.05. The van der Waals surface area contributed by atoms with Gasteiger partial charge in [0.05, 0.1) is 11.0 Å². The maximum Gasteiger partial charge on any atom is 0.235 e. The molecule has 0 aliphatic heterocycles. The lowest BCUT2D eigenvalue weighted by Crippen LogP contribution is -1.91. The fraction of sp³-hybridized carbons (Fsp3) is 0.300. The van der Waals surface area contributed by atoms with E-state index in [1.54, 1.807) is 0 Å². The summed E-state index contributed by atoms with van der Waals surface area (Å²) in [6.45, 7) is 3.93.